The largest absolute Gasteiger partial charge is 0.393 e. The summed E-state index contributed by atoms with van der Waals surface area (Å²) in [6.07, 6.45) is 4.27. The highest BCUT2D eigenvalue weighted by Crippen LogP contribution is 2.39. The Kier molecular flexibility index (Phi) is 3.96. The lowest BCUT2D eigenvalue weighted by Gasteiger charge is -2.26. The van der Waals surface area contributed by atoms with Crippen molar-refractivity contribution in [2.24, 2.45) is 11.8 Å². The SMILES string of the molecule is COC(C)(C)CCC(O)C(C)C1CC1. The van der Waals surface area contributed by atoms with Gasteiger partial charge >= 0.3 is 0 Å². The molecular weight excluding hydrogens is 176 g/mol. The van der Waals surface area contributed by atoms with Gasteiger partial charge in [-0.1, -0.05) is 6.92 Å². The van der Waals surface area contributed by atoms with E-state index in [1.54, 1.807) is 7.11 Å². The van der Waals surface area contributed by atoms with Gasteiger partial charge in [0.05, 0.1) is 11.7 Å². The van der Waals surface area contributed by atoms with Crippen LogP contribution in [0.4, 0.5) is 0 Å². The molecule has 0 aromatic carbocycles. The zero-order valence-electron chi connectivity index (χ0n) is 9.92. The second kappa shape index (κ2) is 4.63. The summed E-state index contributed by atoms with van der Waals surface area (Å²) in [4.78, 5) is 0. The number of aliphatic hydroxyl groups is 1. The van der Waals surface area contributed by atoms with Gasteiger partial charge < -0.3 is 9.84 Å². The van der Waals surface area contributed by atoms with Crippen LogP contribution in [0.5, 0.6) is 0 Å². The van der Waals surface area contributed by atoms with Crippen molar-refractivity contribution >= 4 is 0 Å². The van der Waals surface area contributed by atoms with Crippen molar-refractivity contribution in [1.82, 2.24) is 0 Å². The van der Waals surface area contributed by atoms with Gasteiger partial charge in [-0.3, -0.25) is 0 Å². The molecule has 1 rings (SSSR count). The van der Waals surface area contributed by atoms with E-state index in [1.165, 1.54) is 12.8 Å². The highest BCUT2D eigenvalue weighted by atomic mass is 16.5. The molecule has 0 radical (unpaired) electrons. The first-order valence-electron chi connectivity index (χ1n) is 5.69. The van der Waals surface area contributed by atoms with Crippen LogP contribution in [0, 0.1) is 11.8 Å². The van der Waals surface area contributed by atoms with Gasteiger partial charge in [-0.15, -0.1) is 0 Å². The van der Waals surface area contributed by atoms with Crippen molar-refractivity contribution in [2.45, 2.75) is 58.2 Å². The molecule has 2 unspecified atom stereocenters. The van der Waals surface area contributed by atoms with E-state index in [0.29, 0.717) is 5.92 Å². The Hall–Kier alpha value is -0.0800. The van der Waals surface area contributed by atoms with Crippen molar-refractivity contribution < 1.29 is 9.84 Å². The topological polar surface area (TPSA) is 29.5 Å². The van der Waals surface area contributed by atoms with Crippen LogP contribution in [0.2, 0.25) is 0 Å². The number of aliphatic hydroxyl groups excluding tert-OH is 1. The lowest BCUT2D eigenvalue weighted by atomic mass is 9.91. The first-order chi connectivity index (χ1) is 6.46. The first kappa shape index (κ1) is 12.0. The lowest BCUT2D eigenvalue weighted by molar-refractivity contribution is -0.00442. The van der Waals surface area contributed by atoms with E-state index in [0.717, 1.165) is 18.8 Å². The summed E-state index contributed by atoms with van der Waals surface area (Å²) in [6, 6.07) is 0. The Morgan fingerprint density at radius 3 is 2.43 bits per heavy atom. The Morgan fingerprint density at radius 2 is 2.00 bits per heavy atom. The summed E-state index contributed by atoms with van der Waals surface area (Å²) >= 11 is 0. The smallest absolute Gasteiger partial charge is 0.0623 e. The number of ether oxygens (including phenoxy) is 1. The van der Waals surface area contributed by atoms with Crippen molar-refractivity contribution in [3.63, 3.8) is 0 Å². The highest BCUT2D eigenvalue weighted by molar-refractivity contribution is 4.84. The normalized spacial score (nSPS) is 22.1. The third kappa shape index (κ3) is 3.58. The fourth-order valence-corrected chi connectivity index (χ4v) is 1.80. The van der Waals surface area contributed by atoms with Gasteiger partial charge in [0.2, 0.25) is 0 Å². The van der Waals surface area contributed by atoms with E-state index in [2.05, 4.69) is 20.8 Å². The zero-order valence-corrected chi connectivity index (χ0v) is 9.92. The van der Waals surface area contributed by atoms with Crippen molar-refractivity contribution in [3.8, 4) is 0 Å². The molecule has 2 heteroatoms. The Bertz CT molecular complexity index is 173. The van der Waals surface area contributed by atoms with Crippen LogP contribution in [-0.2, 0) is 4.74 Å². The van der Waals surface area contributed by atoms with Crippen LogP contribution in [-0.4, -0.2) is 23.9 Å². The van der Waals surface area contributed by atoms with Gasteiger partial charge in [0, 0.05) is 7.11 Å². The molecule has 0 aromatic rings. The molecule has 2 atom stereocenters. The molecule has 84 valence electrons. The molecular formula is C12H24O2. The summed E-state index contributed by atoms with van der Waals surface area (Å²) in [7, 11) is 1.73. The van der Waals surface area contributed by atoms with Crippen LogP contribution in [0.15, 0.2) is 0 Å². The highest BCUT2D eigenvalue weighted by Gasteiger charge is 2.33. The summed E-state index contributed by atoms with van der Waals surface area (Å²) in [5.74, 6) is 1.26. The summed E-state index contributed by atoms with van der Waals surface area (Å²) in [5, 5.41) is 9.93. The Labute approximate surface area is 87.7 Å². The molecule has 1 aliphatic carbocycles. The molecule has 1 aliphatic rings. The maximum atomic E-state index is 9.93. The zero-order chi connectivity index (χ0) is 10.8. The van der Waals surface area contributed by atoms with Crippen LogP contribution in [0.3, 0.4) is 0 Å². The van der Waals surface area contributed by atoms with E-state index in [1.807, 2.05) is 0 Å². The van der Waals surface area contributed by atoms with Crippen LogP contribution < -0.4 is 0 Å². The number of methoxy groups -OCH3 is 1. The van der Waals surface area contributed by atoms with Crippen molar-refractivity contribution in [3.05, 3.63) is 0 Å². The number of hydrogen-bond donors (Lipinski definition) is 1. The summed E-state index contributed by atoms with van der Waals surface area (Å²) in [6.45, 7) is 6.31. The van der Waals surface area contributed by atoms with Crippen LogP contribution in [0.25, 0.3) is 0 Å². The molecule has 1 fully saturated rings. The Morgan fingerprint density at radius 1 is 1.43 bits per heavy atom. The standard InChI is InChI=1S/C12H24O2/c1-9(10-5-6-10)11(13)7-8-12(2,3)14-4/h9-11,13H,5-8H2,1-4H3. The number of hydrogen-bond acceptors (Lipinski definition) is 2. The van der Waals surface area contributed by atoms with Gasteiger partial charge in [-0.2, -0.15) is 0 Å². The van der Waals surface area contributed by atoms with E-state index >= 15 is 0 Å². The minimum absolute atomic E-state index is 0.0930. The average molecular weight is 200 g/mol. The maximum Gasteiger partial charge on any atom is 0.0623 e. The molecule has 0 saturated heterocycles. The van der Waals surface area contributed by atoms with Gasteiger partial charge in [-0.25, -0.2) is 0 Å². The summed E-state index contributed by atoms with van der Waals surface area (Å²) in [5.41, 5.74) is -0.0930. The quantitative estimate of drug-likeness (QED) is 0.714. The predicted octanol–water partition coefficient (Wildman–Crippen LogP) is 2.60. The third-order valence-electron chi connectivity index (χ3n) is 3.57. The minimum atomic E-state index is -0.142. The van der Waals surface area contributed by atoms with E-state index in [-0.39, 0.29) is 11.7 Å². The van der Waals surface area contributed by atoms with Crippen molar-refractivity contribution in [1.29, 1.82) is 0 Å². The Balaban J connectivity index is 2.22. The van der Waals surface area contributed by atoms with Crippen molar-refractivity contribution in [2.75, 3.05) is 7.11 Å². The molecule has 0 aromatic heterocycles. The third-order valence-corrected chi connectivity index (χ3v) is 3.57. The fraction of sp³-hybridized carbons (Fsp3) is 1.00. The molecule has 0 spiro atoms. The van der Waals surface area contributed by atoms with Crippen LogP contribution in [0.1, 0.15) is 46.5 Å². The van der Waals surface area contributed by atoms with E-state index in [4.69, 9.17) is 4.74 Å². The minimum Gasteiger partial charge on any atom is -0.393 e. The van der Waals surface area contributed by atoms with E-state index < -0.39 is 0 Å². The molecule has 1 saturated carbocycles. The first-order valence-corrected chi connectivity index (χ1v) is 5.69. The maximum absolute atomic E-state index is 9.93. The van der Waals surface area contributed by atoms with Crippen LogP contribution >= 0.6 is 0 Å². The number of rotatable bonds is 6. The van der Waals surface area contributed by atoms with Gasteiger partial charge in [0.15, 0.2) is 0 Å². The molecule has 1 N–H and O–H groups in total. The predicted molar refractivity (Wildman–Crippen MR) is 58.2 cm³/mol. The monoisotopic (exact) mass is 200 g/mol. The lowest BCUT2D eigenvalue weighted by Crippen LogP contribution is -2.27. The second-order valence-corrected chi connectivity index (χ2v) is 5.27. The fourth-order valence-electron chi connectivity index (χ4n) is 1.80. The van der Waals surface area contributed by atoms with Gasteiger partial charge in [0.25, 0.3) is 0 Å². The second-order valence-electron chi connectivity index (χ2n) is 5.27. The molecule has 0 amide bonds. The van der Waals surface area contributed by atoms with Gasteiger partial charge in [0.1, 0.15) is 0 Å². The van der Waals surface area contributed by atoms with Gasteiger partial charge in [-0.05, 0) is 51.4 Å². The molecule has 0 bridgehead atoms. The molecule has 0 aliphatic heterocycles. The molecule has 0 heterocycles. The average Bonchev–Trinajstić information content (AvgIpc) is 2.96. The molecule has 14 heavy (non-hydrogen) atoms. The molecule has 2 nitrogen and oxygen atoms in total. The van der Waals surface area contributed by atoms with E-state index in [9.17, 15) is 5.11 Å². The summed E-state index contributed by atoms with van der Waals surface area (Å²) < 4.78 is 5.33.